The van der Waals surface area contributed by atoms with Gasteiger partial charge in [0, 0.05) is 11.6 Å². The molecule has 0 fully saturated rings. The largest absolute Gasteiger partial charge is 0.493 e. The Kier molecular flexibility index (Phi) is 8.40. The number of ketones is 1. The number of amides is 1. The summed E-state index contributed by atoms with van der Waals surface area (Å²) in [6.07, 6.45) is 3.03. The number of benzene rings is 3. The quantitative estimate of drug-likeness (QED) is 0.195. The standard InChI is InChI=1S/C28H24F2N2O6S/c1-15-5-6-16(7-8-21(33)17-10-23(35-2)27(37-4)24(11-17)36-3)9-22(15)38-14-26(34)32-28-31-20-12-18(29)19(30)13-25(20)39-28/h5-13H,14H2,1-4H3,(H,31,32,34)/b8-7+. The molecular weight excluding hydrogens is 530 g/mol. The fraction of sp³-hybridized carbons (Fsp3) is 0.179. The topological polar surface area (TPSA) is 96.0 Å². The summed E-state index contributed by atoms with van der Waals surface area (Å²) >= 11 is 1.02. The Labute approximate surface area is 226 Å². The molecule has 1 aromatic heterocycles. The van der Waals surface area contributed by atoms with Crippen LogP contribution in [0.2, 0.25) is 0 Å². The number of hydrogen-bond acceptors (Lipinski definition) is 8. The summed E-state index contributed by atoms with van der Waals surface area (Å²) in [5.74, 6) is -1.21. The zero-order valence-electron chi connectivity index (χ0n) is 21.5. The predicted molar refractivity (Wildman–Crippen MR) is 144 cm³/mol. The van der Waals surface area contributed by atoms with Crippen LogP contribution in [0.1, 0.15) is 21.5 Å². The van der Waals surface area contributed by atoms with Crippen molar-refractivity contribution in [2.75, 3.05) is 33.3 Å². The number of fused-ring (bicyclic) bond motifs is 1. The average Bonchev–Trinajstić information content (AvgIpc) is 3.31. The predicted octanol–water partition coefficient (Wildman–Crippen LogP) is 5.82. The first-order valence-electron chi connectivity index (χ1n) is 11.5. The number of anilines is 1. The molecule has 0 unspecified atom stereocenters. The maximum atomic E-state index is 13.4. The minimum absolute atomic E-state index is 0.197. The highest BCUT2D eigenvalue weighted by atomic mass is 32.1. The van der Waals surface area contributed by atoms with Gasteiger partial charge in [0.15, 0.2) is 40.7 Å². The Bertz CT molecular complexity index is 1520. The zero-order chi connectivity index (χ0) is 28.1. The number of halogens is 2. The number of methoxy groups -OCH3 is 3. The number of ether oxygens (including phenoxy) is 4. The smallest absolute Gasteiger partial charge is 0.264 e. The molecule has 1 amide bonds. The number of carbonyl (C=O) groups is 2. The first-order chi connectivity index (χ1) is 18.7. The number of hydrogen-bond donors (Lipinski definition) is 1. The molecule has 0 bridgehead atoms. The maximum absolute atomic E-state index is 13.4. The Hall–Kier alpha value is -4.51. The van der Waals surface area contributed by atoms with Crippen LogP contribution >= 0.6 is 11.3 Å². The summed E-state index contributed by atoms with van der Waals surface area (Å²) in [5, 5.41) is 2.77. The maximum Gasteiger partial charge on any atom is 0.264 e. The molecule has 11 heteroatoms. The highest BCUT2D eigenvalue weighted by molar-refractivity contribution is 7.22. The van der Waals surface area contributed by atoms with Crippen LogP contribution in [0.25, 0.3) is 16.3 Å². The van der Waals surface area contributed by atoms with Gasteiger partial charge in [-0.15, -0.1) is 0 Å². The molecule has 0 aliphatic carbocycles. The molecule has 3 aromatic carbocycles. The van der Waals surface area contributed by atoms with E-state index in [1.165, 1.54) is 27.4 Å². The van der Waals surface area contributed by atoms with E-state index in [4.69, 9.17) is 18.9 Å². The van der Waals surface area contributed by atoms with Crippen LogP contribution in [0.5, 0.6) is 23.0 Å². The molecule has 0 spiro atoms. The molecule has 0 aliphatic rings. The Morgan fingerprint density at radius 2 is 1.64 bits per heavy atom. The number of carbonyl (C=O) groups excluding carboxylic acids is 2. The van der Waals surface area contributed by atoms with Gasteiger partial charge in [-0.3, -0.25) is 14.9 Å². The van der Waals surface area contributed by atoms with Crippen LogP contribution < -0.4 is 24.3 Å². The van der Waals surface area contributed by atoms with Crippen molar-refractivity contribution in [2.24, 2.45) is 0 Å². The highest BCUT2D eigenvalue weighted by Crippen LogP contribution is 2.38. The van der Waals surface area contributed by atoms with Gasteiger partial charge < -0.3 is 18.9 Å². The van der Waals surface area contributed by atoms with Gasteiger partial charge in [0.2, 0.25) is 5.75 Å². The van der Waals surface area contributed by atoms with Crippen molar-refractivity contribution in [1.29, 1.82) is 0 Å². The second kappa shape index (κ2) is 11.9. The van der Waals surface area contributed by atoms with Crippen LogP contribution in [0, 0.1) is 18.6 Å². The molecule has 0 saturated heterocycles. The molecule has 8 nitrogen and oxygen atoms in total. The van der Waals surface area contributed by atoms with Crippen LogP contribution in [0.15, 0.2) is 48.5 Å². The highest BCUT2D eigenvalue weighted by Gasteiger charge is 2.16. The second-order valence-corrected chi connectivity index (χ2v) is 9.26. The van der Waals surface area contributed by atoms with E-state index in [0.29, 0.717) is 38.8 Å². The van der Waals surface area contributed by atoms with Gasteiger partial charge in [0.1, 0.15) is 5.75 Å². The van der Waals surface area contributed by atoms with E-state index < -0.39 is 17.5 Å². The van der Waals surface area contributed by atoms with Gasteiger partial charge in [-0.1, -0.05) is 29.5 Å². The van der Waals surface area contributed by atoms with E-state index >= 15 is 0 Å². The summed E-state index contributed by atoms with van der Waals surface area (Å²) in [4.78, 5) is 29.3. The molecule has 0 atom stereocenters. The number of allylic oxidation sites excluding steroid dienone is 1. The Morgan fingerprint density at radius 1 is 0.949 bits per heavy atom. The van der Waals surface area contributed by atoms with E-state index in [0.717, 1.165) is 29.0 Å². The molecular formula is C28H24F2N2O6S. The third kappa shape index (κ3) is 6.32. The molecule has 1 heterocycles. The van der Waals surface area contributed by atoms with Gasteiger partial charge in [0.05, 0.1) is 31.5 Å². The van der Waals surface area contributed by atoms with Gasteiger partial charge in [-0.2, -0.15) is 0 Å². The lowest BCUT2D eigenvalue weighted by Crippen LogP contribution is -2.20. The fourth-order valence-electron chi connectivity index (χ4n) is 3.64. The average molecular weight is 555 g/mol. The molecule has 4 aromatic rings. The van der Waals surface area contributed by atoms with Crippen molar-refractivity contribution in [3.8, 4) is 23.0 Å². The van der Waals surface area contributed by atoms with Crippen molar-refractivity contribution in [3.05, 3.63) is 76.9 Å². The molecule has 0 saturated carbocycles. The lowest BCUT2D eigenvalue weighted by Gasteiger charge is -2.13. The summed E-state index contributed by atoms with van der Waals surface area (Å²) < 4.78 is 48.8. The van der Waals surface area contributed by atoms with E-state index in [1.807, 2.05) is 6.92 Å². The van der Waals surface area contributed by atoms with Gasteiger partial charge >= 0.3 is 0 Å². The number of aromatic nitrogens is 1. The third-order valence-electron chi connectivity index (χ3n) is 5.62. The van der Waals surface area contributed by atoms with Crippen molar-refractivity contribution >= 4 is 44.5 Å². The van der Waals surface area contributed by atoms with Gasteiger partial charge in [-0.05, 0) is 48.4 Å². The first kappa shape index (κ1) is 27.5. The first-order valence-corrected chi connectivity index (χ1v) is 12.3. The van der Waals surface area contributed by atoms with Crippen LogP contribution in [-0.4, -0.2) is 44.6 Å². The summed E-state index contributed by atoms with van der Waals surface area (Å²) in [6.45, 7) is 1.50. The molecule has 0 radical (unpaired) electrons. The monoisotopic (exact) mass is 554 g/mol. The minimum Gasteiger partial charge on any atom is -0.493 e. The Morgan fingerprint density at radius 3 is 2.31 bits per heavy atom. The molecule has 4 rings (SSSR count). The van der Waals surface area contributed by atoms with Gasteiger partial charge in [0.25, 0.3) is 5.91 Å². The summed E-state index contributed by atoms with van der Waals surface area (Å²) in [7, 11) is 4.42. The van der Waals surface area contributed by atoms with E-state index in [-0.39, 0.29) is 23.0 Å². The van der Waals surface area contributed by atoms with Crippen molar-refractivity contribution in [2.45, 2.75) is 6.92 Å². The number of thiazole rings is 1. The van der Waals surface area contributed by atoms with E-state index in [2.05, 4.69) is 10.3 Å². The number of nitrogens with one attached hydrogen (secondary N) is 1. The molecule has 202 valence electrons. The lowest BCUT2D eigenvalue weighted by molar-refractivity contribution is -0.118. The van der Waals surface area contributed by atoms with Crippen molar-refractivity contribution in [1.82, 2.24) is 4.98 Å². The van der Waals surface area contributed by atoms with Crippen LogP contribution in [0.3, 0.4) is 0 Å². The number of rotatable bonds is 10. The normalized spacial score (nSPS) is 11.0. The van der Waals surface area contributed by atoms with Crippen molar-refractivity contribution in [3.63, 3.8) is 0 Å². The molecule has 0 aliphatic heterocycles. The van der Waals surface area contributed by atoms with Crippen LogP contribution in [0.4, 0.5) is 13.9 Å². The van der Waals surface area contributed by atoms with E-state index in [9.17, 15) is 18.4 Å². The molecule has 39 heavy (non-hydrogen) atoms. The zero-order valence-corrected chi connectivity index (χ0v) is 22.3. The number of nitrogens with zero attached hydrogens (tertiary/aromatic N) is 1. The SMILES string of the molecule is COc1cc(C(=O)/C=C/c2ccc(C)c(OCC(=O)Nc3nc4cc(F)c(F)cc4s3)c2)cc(OC)c1OC. The minimum atomic E-state index is -1.01. The summed E-state index contributed by atoms with van der Waals surface area (Å²) in [6, 6.07) is 10.4. The third-order valence-corrected chi connectivity index (χ3v) is 6.56. The van der Waals surface area contributed by atoms with Gasteiger partial charge in [-0.25, -0.2) is 13.8 Å². The Balaban J connectivity index is 1.42. The second-order valence-electron chi connectivity index (χ2n) is 8.23. The van der Waals surface area contributed by atoms with Crippen molar-refractivity contribution < 1.29 is 37.3 Å². The van der Waals surface area contributed by atoms with E-state index in [1.54, 1.807) is 36.4 Å². The molecule has 1 N–H and O–H groups in total. The fourth-order valence-corrected chi connectivity index (χ4v) is 4.53. The lowest BCUT2D eigenvalue weighted by atomic mass is 10.1. The van der Waals surface area contributed by atoms with Crippen LogP contribution in [-0.2, 0) is 4.79 Å². The summed E-state index contributed by atoms with van der Waals surface area (Å²) in [5.41, 5.74) is 2.04. The number of aryl methyl sites for hydroxylation is 1.